The van der Waals surface area contributed by atoms with E-state index in [0.29, 0.717) is 12.0 Å². The van der Waals surface area contributed by atoms with E-state index >= 15 is 0 Å². The van der Waals surface area contributed by atoms with Crippen molar-refractivity contribution in [3.05, 3.63) is 64.3 Å². The van der Waals surface area contributed by atoms with Crippen LogP contribution in [-0.4, -0.2) is 15.6 Å². The number of ketones is 1. The molecule has 4 heteroatoms. The average molecular weight is 329 g/mol. The number of nitrogens with zero attached hydrogens (tertiary/aromatic N) is 2. The second-order valence-electron chi connectivity index (χ2n) is 4.70. The summed E-state index contributed by atoms with van der Waals surface area (Å²) in [5, 5.41) is 5.50. The van der Waals surface area contributed by atoms with Crippen molar-refractivity contribution in [1.29, 1.82) is 0 Å². The molecule has 1 aromatic heterocycles. The lowest BCUT2D eigenvalue weighted by molar-refractivity contribution is 0.0992. The number of benzene rings is 2. The highest BCUT2D eigenvalue weighted by Gasteiger charge is 2.13. The number of fused-ring (bicyclic) bond motifs is 1. The maximum absolute atomic E-state index is 12.3. The number of halogens is 1. The van der Waals surface area contributed by atoms with Crippen molar-refractivity contribution < 1.29 is 4.79 Å². The van der Waals surface area contributed by atoms with Crippen molar-refractivity contribution in [2.75, 3.05) is 0 Å². The SMILES string of the molecule is Cn1nc(CC(=O)c2cccc(Br)c2)c2ccccc21. The van der Waals surface area contributed by atoms with Gasteiger partial charge in [0.2, 0.25) is 0 Å². The molecule has 0 aliphatic carbocycles. The Morgan fingerprint density at radius 2 is 2.00 bits per heavy atom. The molecule has 0 saturated heterocycles. The largest absolute Gasteiger partial charge is 0.294 e. The quantitative estimate of drug-likeness (QED) is 0.686. The second-order valence-corrected chi connectivity index (χ2v) is 5.61. The minimum atomic E-state index is 0.0788. The van der Waals surface area contributed by atoms with Crippen LogP contribution >= 0.6 is 15.9 Å². The number of aromatic nitrogens is 2. The van der Waals surface area contributed by atoms with Gasteiger partial charge < -0.3 is 0 Å². The van der Waals surface area contributed by atoms with Crippen LogP contribution in [0.15, 0.2) is 53.0 Å². The first kappa shape index (κ1) is 13.1. The average Bonchev–Trinajstić information content (AvgIpc) is 2.76. The van der Waals surface area contributed by atoms with Crippen molar-refractivity contribution in [2.45, 2.75) is 6.42 Å². The molecule has 0 saturated carbocycles. The van der Waals surface area contributed by atoms with Gasteiger partial charge in [-0.2, -0.15) is 5.10 Å². The number of hydrogen-bond donors (Lipinski definition) is 0. The third kappa shape index (κ3) is 2.39. The highest BCUT2D eigenvalue weighted by atomic mass is 79.9. The fourth-order valence-electron chi connectivity index (χ4n) is 2.34. The summed E-state index contributed by atoms with van der Waals surface area (Å²) in [7, 11) is 1.90. The van der Waals surface area contributed by atoms with E-state index < -0.39 is 0 Å². The molecular formula is C16H13BrN2O. The summed E-state index contributed by atoms with van der Waals surface area (Å²) in [4.78, 5) is 12.3. The Kier molecular flexibility index (Phi) is 3.40. The molecule has 2 aromatic carbocycles. The Morgan fingerprint density at radius 1 is 1.20 bits per heavy atom. The highest BCUT2D eigenvalue weighted by Crippen LogP contribution is 2.20. The summed E-state index contributed by atoms with van der Waals surface area (Å²) in [5.41, 5.74) is 2.58. The molecule has 0 amide bonds. The number of carbonyl (C=O) groups is 1. The number of carbonyl (C=O) groups excluding carboxylic acids is 1. The molecule has 0 aliphatic rings. The Labute approximate surface area is 125 Å². The molecule has 0 aliphatic heterocycles. The Hall–Kier alpha value is -1.94. The van der Waals surface area contributed by atoms with Crippen LogP contribution < -0.4 is 0 Å². The molecule has 3 aromatic rings. The van der Waals surface area contributed by atoms with Gasteiger partial charge in [0.25, 0.3) is 0 Å². The summed E-state index contributed by atoms with van der Waals surface area (Å²) in [5.74, 6) is 0.0788. The van der Waals surface area contributed by atoms with Gasteiger partial charge in [-0.25, -0.2) is 0 Å². The molecule has 100 valence electrons. The van der Waals surface area contributed by atoms with E-state index in [-0.39, 0.29) is 5.78 Å². The first-order chi connectivity index (χ1) is 9.65. The van der Waals surface area contributed by atoms with Crippen LogP contribution in [0.5, 0.6) is 0 Å². The standard InChI is InChI=1S/C16H13BrN2O/c1-19-15-8-3-2-7-13(15)14(18-19)10-16(20)11-5-4-6-12(17)9-11/h2-9H,10H2,1H3. The Morgan fingerprint density at radius 3 is 2.80 bits per heavy atom. The number of Topliss-reactive ketones (excluding diaryl/α,β-unsaturated/α-hetero) is 1. The van der Waals surface area contributed by atoms with Gasteiger partial charge in [0, 0.05) is 22.5 Å². The molecule has 1 heterocycles. The fourth-order valence-corrected chi connectivity index (χ4v) is 2.73. The van der Waals surface area contributed by atoms with Crippen LogP contribution in [0, 0.1) is 0 Å². The molecule has 0 fully saturated rings. The molecular weight excluding hydrogens is 316 g/mol. The lowest BCUT2D eigenvalue weighted by Gasteiger charge is -2.00. The van der Waals surface area contributed by atoms with Gasteiger partial charge in [0.15, 0.2) is 5.78 Å². The van der Waals surface area contributed by atoms with Crippen LogP contribution in [0.25, 0.3) is 10.9 Å². The first-order valence-corrected chi connectivity index (χ1v) is 7.14. The van der Waals surface area contributed by atoms with Gasteiger partial charge in [-0.1, -0.05) is 46.3 Å². The monoisotopic (exact) mass is 328 g/mol. The number of para-hydroxylation sites is 1. The molecule has 0 bridgehead atoms. The van der Waals surface area contributed by atoms with Crippen LogP contribution in [0.4, 0.5) is 0 Å². The van der Waals surface area contributed by atoms with Crippen LogP contribution in [0.2, 0.25) is 0 Å². The zero-order chi connectivity index (χ0) is 14.1. The summed E-state index contributed by atoms with van der Waals surface area (Å²) in [6.07, 6.45) is 0.317. The Balaban J connectivity index is 1.95. The van der Waals surface area contributed by atoms with E-state index in [0.717, 1.165) is 21.1 Å². The van der Waals surface area contributed by atoms with Crippen molar-refractivity contribution in [1.82, 2.24) is 9.78 Å². The molecule has 3 rings (SSSR count). The number of hydrogen-bond acceptors (Lipinski definition) is 2. The van der Waals surface area contributed by atoms with Crippen LogP contribution in [-0.2, 0) is 13.5 Å². The van der Waals surface area contributed by atoms with E-state index in [9.17, 15) is 4.79 Å². The third-order valence-electron chi connectivity index (χ3n) is 3.31. The van der Waals surface area contributed by atoms with Gasteiger partial charge in [-0.3, -0.25) is 9.48 Å². The molecule has 3 nitrogen and oxygen atoms in total. The maximum Gasteiger partial charge on any atom is 0.168 e. The van der Waals surface area contributed by atoms with E-state index in [1.807, 2.05) is 60.3 Å². The van der Waals surface area contributed by atoms with Crippen LogP contribution in [0.1, 0.15) is 16.1 Å². The van der Waals surface area contributed by atoms with Crippen molar-refractivity contribution >= 4 is 32.6 Å². The summed E-state index contributed by atoms with van der Waals surface area (Å²) in [6.45, 7) is 0. The summed E-state index contributed by atoms with van der Waals surface area (Å²) in [6, 6.07) is 15.4. The lowest BCUT2D eigenvalue weighted by Crippen LogP contribution is -2.04. The smallest absolute Gasteiger partial charge is 0.168 e. The molecule has 0 radical (unpaired) electrons. The van der Waals surface area contributed by atoms with E-state index in [2.05, 4.69) is 21.0 Å². The van der Waals surface area contributed by atoms with Crippen LogP contribution in [0.3, 0.4) is 0 Å². The highest BCUT2D eigenvalue weighted by molar-refractivity contribution is 9.10. The van der Waals surface area contributed by atoms with Crippen molar-refractivity contribution in [3.63, 3.8) is 0 Å². The molecule has 0 N–H and O–H groups in total. The topological polar surface area (TPSA) is 34.9 Å². The zero-order valence-corrected chi connectivity index (χ0v) is 12.6. The summed E-state index contributed by atoms with van der Waals surface area (Å²) >= 11 is 3.39. The second kappa shape index (κ2) is 5.21. The third-order valence-corrected chi connectivity index (χ3v) is 3.80. The predicted molar refractivity (Wildman–Crippen MR) is 82.9 cm³/mol. The normalized spacial score (nSPS) is 10.9. The number of rotatable bonds is 3. The van der Waals surface area contributed by atoms with Gasteiger partial charge in [-0.05, 0) is 18.2 Å². The van der Waals surface area contributed by atoms with E-state index in [1.54, 1.807) is 0 Å². The van der Waals surface area contributed by atoms with E-state index in [1.165, 1.54) is 0 Å². The van der Waals surface area contributed by atoms with Crippen molar-refractivity contribution in [2.24, 2.45) is 7.05 Å². The summed E-state index contributed by atoms with van der Waals surface area (Å²) < 4.78 is 2.73. The van der Waals surface area contributed by atoms with Gasteiger partial charge in [0.05, 0.1) is 17.6 Å². The maximum atomic E-state index is 12.3. The van der Waals surface area contributed by atoms with E-state index in [4.69, 9.17) is 0 Å². The van der Waals surface area contributed by atoms with Gasteiger partial charge in [-0.15, -0.1) is 0 Å². The Bertz CT molecular complexity index is 792. The van der Waals surface area contributed by atoms with Gasteiger partial charge in [0.1, 0.15) is 0 Å². The first-order valence-electron chi connectivity index (χ1n) is 6.34. The van der Waals surface area contributed by atoms with Gasteiger partial charge >= 0.3 is 0 Å². The molecule has 0 atom stereocenters. The number of aryl methyl sites for hydroxylation is 1. The fraction of sp³-hybridized carbons (Fsp3) is 0.125. The predicted octanol–water partition coefficient (Wildman–Crippen LogP) is 3.76. The minimum absolute atomic E-state index is 0.0788. The molecule has 20 heavy (non-hydrogen) atoms. The minimum Gasteiger partial charge on any atom is -0.294 e. The molecule has 0 unspecified atom stereocenters. The molecule has 0 spiro atoms. The van der Waals surface area contributed by atoms with Crippen molar-refractivity contribution in [3.8, 4) is 0 Å². The zero-order valence-electron chi connectivity index (χ0n) is 11.0. The lowest BCUT2D eigenvalue weighted by atomic mass is 10.0.